The van der Waals surface area contributed by atoms with Crippen molar-refractivity contribution in [3.05, 3.63) is 28.5 Å². The molecule has 2 heterocycles. The summed E-state index contributed by atoms with van der Waals surface area (Å²) >= 11 is 4.43. The maximum atomic E-state index is 12.1. The highest BCUT2D eigenvalue weighted by atomic mass is 79.9. The molecule has 2 rings (SSSR count). The van der Waals surface area contributed by atoms with Crippen molar-refractivity contribution in [2.45, 2.75) is 6.92 Å². The second kappa shape index (κ2) is 5.87. The minimum atomic E-state index is -0.245. The van der Waals surface area contributed by atoms with E-state index in [1.54, 1.807) is 12.3 Å². The molecule has 2 aromatic rings. The normalized spacial score (nSPS) is 10.1. The van der Waals surface area contributed by atoms with Gasteiger partial charge in [0.15, 0.2) is 0 Å². The van der Waals surface area contributed by atoms with Gasteiger partial charge in [0.05, 0.1) is 11.8 Å². The van der Waals surface area contributed by atoms with Crippen molar-refractivity contribution >= 4 is 44.2 Å². The highest BCUT2D eigenvalue weighted by molar-refractivity contribution is 9.10. The fourth-order valence-corrected chi connectivity index (χ4v) is 2.07. The summed E-state index contributed by atoms with van der Waals surface area (Å²) in [4.78, 5) is 16.3. The highest BCUT2D eigenvalue weighted by Crippen LogP contribution is 2.20. The van der Waals surface area contributed by atoms with E-state index in [-0.39, 0.29) is 5.91 Å². The van der Waals surface area contributed by atoms with Crippen molar-refractivity contribution in [3.8, 4) is 0 Å². The quantitative estimate of drug-likeness (QED) is 0.901. The predicted octanol–water partition coefficient (Wildman–Crippen LogP) is 2.38. The standard InChI is InChI=1S/C10H10BrN5OS/c1-2-12-9-7(3-6(11)4-13-9)10(17)15-8-5-14-16-18-8/h3-5H,2H2,1H3,(H,12,13)(H,15,17). The third-order valence-corrected chi connectivity index (χ3v) is 3.05. The number of carbonyl (C=O) groups excluding carboxylic acids is 1. The fraction of sp³-hybridized carbons (Fsp3) is 0.200. The zero-order valence-electron chi connectivity index (χ0n) is 9.48. The summed E-state index contributed by atoms with van der Waals surface area (Å²) in [5, 5.41) is 10.0. The molecule has 0 aliphatic heterocycles. The molecule has 1 amide bonds. The monoisotopic (exact) mass is 327 g/mol. The molecule has 0 atom stereocenters. The van der Waals surface area contributed by atoms with Gasteiger partial charge in [-0.15, -0.1) is 5.10 Å². The van der Waals surface area contributed by atoms with Crippen LogP contribution in [0.25, 0.3) is 0 Å². The molecule has 8 heteroatoms. The van der Waals surface area contributed by atoms with Crippen molar-refractivity contribution in [1.82, 2.24) is 14.6 Å². The number of hydrogen-bond acceptors (Lipinski definition) is 6. The van der Waals surface area contributed by atoms with Crippen LogP contribution >= 0.6 is 27.5 Å². The van der Waals surface area contributed by atoms with E-state index in [0.29, 0.717) is 22.9 Å². The van der Waals surface area contributed by atoms with E-state index in [1.165, 1.54) is 6.20 Å². The summed E-state index contributed by atoms with van der Waals surface area (Å²) < 4.78 is 4.43. The van der Waals surface area contributed by atoms with Crippen molar-refractivity contribution < 1.29 is 4.79 Å². The van der Waals surface area contributed by atoms with E-state index in [1.807, 2.05) is 6.92 Å². The van der Waals surface area contributed by atoms with Crippen LogP contribution in [0.3, 0.4) is 0 Å². The Bertz CT molecular complexity index is 545. The molecule has 0 bridgehead atoms. The van der Waals surface area contributed by atoms with Crippen LogP contribution in [0.4, 0.5) is 10.8 Å². The number of aromatic nitrogens is 3. The molecule has 0 aromatic carbocycles. The van der Waals surface area contributed by atoms with Gasteiger partial charge >= 0.3 is 0 Å². The van der Waals surface area contributed by atoms with E-state index in [4.69, 9.17) is 0 Å². The second-order valence-electron chi connectivity index (χ2n) is 3.32. The topological polar surface area (TPSA) is 79.8 Å². The minimum Gasteiger partial charge on any atom is -0.370 e. The summed E-state index contributed by atoms with van der Waals surface area (Å²) in [6.07, 6.45) is 3.14. The van der Waals surface area contributed by atoms with Gasteiger partial charge in [-0.1, -0.05) is 4.49 Å². The lowest BCUT2D eigenvalue weighted by Crippen LogP contribution is -2.15. The van der Waals surface area contributed by atoms with Gasteiger partial charge in [-0.05, 0) is 28.9 Å². The van der Waals surface area contributed by atoms with Crippen molar-refractivity contribution in [3.63, 3.8) is 0 Å². The molecular formula is C10H10BrN5OS. The second-order valence-corrected chi connectivity index (χ2v) is 5.02. The van der Waals surface area contributed by atoms with Gasteiger partial charge in [0, 0.05) is 28.7 Å². The van der Waals surface area contributed by atoms with Crippen molar-refractivity contribution in [2.75, 3.05) is 17.2 Å². The summed E-state index contributed by atoms with van der Waals surface area (Å²) in [5.74, 6) is 0.307. The Balaban J connectivity index is 2.25. The molecule has 0 aliphatic carbocycles. The van der Waals surface area contributed by atoms with Crippen molar-refractivity contribution in [2.24, 2.45) is 0 Å². The number of rotatable bonds is 4. The third kappa shape index (κ3) is 3.02. The van der Waals surface area contributed by atoms with Crippen LogP contribution < -0.4 is 10.6 Å². The van der Waals surface area contributed by atoms with Crippen LogP contribution in [-0.4, -0.2) is 27.0 Å². The summed E-state index contributed by atoms with van der Waals surface area (Å²) in [7, 11) is 0. The lowest BCUT2D eigenvalue weighted by molar-refractivity contribution is 0.102. The summed E-state index contributed by atoms with van der Waals surface area (Å²) in [6, 6.07) is 1.72. The number of amides is 1. The average Bonchev–Trinajstić information content (AvgIpc) is 2.84. The van der Waals surface area contributed by atoms with Gasteiger partial charge in [-0.2, -0.15) is 0 Å². The molecule has 18 heavy (non-hydrogen) atoms. The lowest BCUT2D eigenvalue weighted by atomic mass is 10.2. The van der Waals surface area contributed by atoms with E-state index in [2.05, 4.69) is 41.1 Å². The van der Waals surface area contributed by atoms with Gasteiger partial charge in [0.2, 0.25) is 0 Å². The molecule has 2 N–H and O–H groups in total. The lowest BCUT2D eigenvalue weighted by Gasteiger charge is -2.09. The maximum Gasteiger partial charge on any atom is 0.260 e. The average molecular weight is 328 g/mol. The first kappa shape index (κ1) is 12.9. The molecule has 0 aliphatic rings. The molecule has 2 aromatic heterocycles. The van der Waals surface area contributed by atoms with Gasteiger partial charge in [-0.3, -0.25) is 4.79 Å². The highest BCUT2D eigenvalue weighted by Gasteiger charge is 2.14. The Kier molecular flexibility index (Phi) is 4.21. The van der Waals surface area contributed by atoms with Gasteiger partial charge in [-0.25, -0.2) is 4.98 Å². The Hall–Kier alpha value is -1.54. The van der Waals surface area contributed by atoms with E-state index in [9.17, 15) is 4.79 Å². The molecule has 6 nitrogen and oxygen atoms in total. The Morgan fingerprint density at radius 3 is 3.00 bits per heavy atom. The Morgan fingerprint density at radius 2 is 2.33 bits per heavy atom. The fourth-order valence-electron chi connectivity index (χ4n) is 1.32. The number of nitrogens with zero attached hydrogens (tertiary/aromatic N) is 3. The van der Waals surface area contributed by atoms with Gasteiger partial charge < -0.3 is 10.6 Å². The van der Waals surface area contributed by atoms with Crippen LogP contribution in [0.15, 0.2) is 22.9 Å². The van der Waals surface area contributed by atoms with Crippen LogP contribution in [0.2, 0.25) is 0 Å². The third-order valence-electron chi connectivity index (χ3n) is 2.04. The molecule has 0 unspecified atom stereocenters. The molecular weight excluding hydrogens is 318 g/mol. The van der Waals surface area contributed by atoms with Crippen LogP contribution in [-0.2, 0) is 0 Å². The molecule has 0 fully saturated rings. The number of anilines is 2. The Labute approximate surface area is 116 Å². The summed E-state index contributed by atoms with van der Waals surface area (Å²) in [6.45, 7) is 2.63. The maximum absolute atomic E-state index is 12.1. The van der Waals surface area contributed by atoms with Crippen LogP contribution in [0, 0.1) is 0 Å². The molecule has 0 radical (unpaired) electrons. The number of carbonyl (C=O) groups is 1. The molecule has 94 valence electrons. The zero-order chi connectivity index (χ0) is 13.0. The number of nitrogens with one attached hydrogen (secondary N) is 2. The van der Waals surface area contributed by atoms with E-state index in [0.717, 1.165) is 16.0 Å². The zero-order valence-corrected chi connectivity index (χ0v) is 11.9. The van der Waals surface area contributed by atoms with E-state index >= 15 is 0 Å². The predicted molar refractivity (Wildman–Crippen MR) is 74.0 cm³/mol. The largest absolute Gasteiger partial charge is 0.370 e. The van der Waals surface area contributed by atoms with Crippen molar-refractivity contribution in [1.29, 1.82) is 0 Å². The molecule has 0 saturated carbocycles. The smallest absolute Gasteiger partial charge is 0.260 e. The molecule has 0 saturated heterocycles. The SMILES string of the molecule is CCNc1ncc(Br)cc1C(=O)Nc1cnns1. The summed E-state index contributed by atoms with van der Waals surface area (Å²) in [5.41, 5.74) is 0.472. The van der Waals surface area contributed by atoms with Crippen LogP contribution in [0.1, 0.15) is 17.3 Å². The van der Waals surface area contributed by atoms with Gasteiger partial charge in [0.1, 0.15) is 10.8 Å². The number of halogens is 1. The first-order chi connectivity index (χ1) is 8.70. The Morgan fingerprint density at radius 1 is 1.50 bits per heavy atom. The first-order valence-corrected chi connectivity index (χ1v) is 6.75. The van der Waals surface area contributed by atoms with Crippen LogP contribution in [0.5, 0.6) is 0 Å². The van der Waals surface area contributed by atoms with Gasteiger partial charge in [0.25, 0.3) is 5.91 Å². The number of hydrogen-bond donors (Lipinski definition) is 2. The van der Waals surface area contributed by atoms with E-state index < -0.39 is 0 Å². The number of pyridine rings is 1. The molecule has 0 spiro atoms. The minimum absolute atomic E-state index is 0.245. The first-order valence-electron chi connectivity index (χ1n) is 5.19.